The second-order valence-corrected chi connectivity index (χ2v) is 6.22. The van der Waals surface area contributed by atoms with E-state index in [1.165, 1.54) is 11.3 Å². The first-order valence-corrected chi connectivity index (χ1v) is 7.60. The van der Waals surface area contributed by atoms with Crippen LogP contribution in [-0.4, -0.2) is 9.38 Å². The average molecular weight is 313 g/mol. The lowest BCUT2D eigenvalue weighted by Gasteiger charge is -2.04. The molecule has 102 valence electrons. The molecular formula is C16H9ClN2OS. The number of halogens is 1. The summed E-state index contributed by atoms with van der Waals surface area (Å²) in [5, 5.41) is 0. The molecule has 3 nitrogen and oxygen atoms in total. The SMILES string of the molecule is O=c1c(-c2ccccc2)c(Cl)sc2nc3ccccc3n12. The third-order valence-electron chi connectivity index (χ3n) is 3.39. The van der Waals surface area contributed by atoms with Crippen LogP contribution in [0, 0.1) is 0 Å². The number of fused-ring (bicyclic) bond motifs is 3. The van der Waals surface area contributed by atoms with Gasteiger partial charge in [0.15, 0.2) is 4.96 Å². The van der Waals surface area contributed by atoms with Gasteiger partial charge >= 0.3 is 0 Å². The zero-order valence-corrected chi connectivity index (χ0v) is 12.4. The number of imidazole rings is 1. The highest BCUT2D eigenvalue weighted by molar-refractivity contribution is 7.21. The smallest absolute Gasteiger partial charge is 0.267 e. The average Bonchev–Trinajstić information content (AvgIpc) is 2.86. The lowest BCUT2D eigenvalue weighted by molar-refractivity contribution is 1.18. The van der Waals surface area contributed by atoms with Gasteiger partial charge in [0.05, 0.1) is 16.6 Å². The Balaban J connectivity index is 2.19. The van der Waals surface area contributed by atoms with Crippen molar-refractivity contribution in [2.24, 2.45) is 0 Å². The molecule has 21 heavy (non-hydrogen) atoms. The molecule has 0 spiro atoms. The van der Waals surface area contributed by atoms with Crippen LogP contribution in [0.25, 0.3) is 27.1 Å². The van der Waals surface area contributed by atoms with Gasteiger partial charge in [0.25, 0.3) is 5.56 Å². The Hall–Kier alpha value is -2.17. The second kappa shape index (κ2) is 4.69. The summed E-state index contributed by atoms with van der Waals surface area (Å²) < 4.78 is 2.10. The van der Waals surface area contributed by atoms with Gasteiger partial charge in [-0.25, -0.2) is 9.38 Å². The van der Waals surface area contributed by atoms with Gasteiger partial charge in [-0.15, -0.1) is 0 Å². The molecule has 4 rings (SSSR count). The maximum Gasteiger partial charge on any atom is 0.267 e. The van der Waals surface area contributed by atoms with E-state index in [-0.39, 0.29) is 5.56 Å². The molecule has 0 unspecified atom stereocenters. The van der Waals surface area contributed by atoms with Crippen molar-refractivity contribution in [3.8, 4) is 11.1 Å². The quantitative estimate of drug-likeness (QED) is 0.527. The van der Waals surface area contributed by atoms with Crippen molar-refractivity contribution in [1.82, 2.24) is 9.38 Å². The van der Waals surface area contributed by atoms with Crippen LogP contribution in [0.3, 0.4) is 0 Å². The Morgan fingerprint density at radius 2 is 1.71 bits per heavy atom. The molecule has 2 aromatic heterocycles. The molecule has 0 atom stereocenters. The van der Waals surface area contributed by atoms with Crippen LogP contribution in [0.1, 0.15) is 0 Å². The van der Waals surface area contributed by atoms with E-state index in [0.717, 1.165) is 16.6 Å². The fraction of sp³-hybridized carbons (Fsp3) is 0. The largest absolute Gasteiger partial charge is 0.268 e. The summed E-state index contributed by atoms with van der Waals surface area (Å²) in [4.78, 5) is 18.0. The highest BCUT2D eigenvalue weighted by atomic mass is 35.5. The molecule has 0 fully saturated rings. The number of benzene rings is 2. The minimum atomic E-state index is -0.131. The molecule has 4 aromatic rings. The molecule has 0 amide bonds. The van der Waals surface area contributed by atoms with E-state index in [0.29, 0.717) is 14.9 Å². The molecular weight excluding hydrogens is 304 g/mol. The van der Waals surface area contributed by atoms with Gasteiger partial charge in [-0.1, -0.05) is 65.4 Å². The van der Waals surface area contributed by atoms with E-state index >= 15 is 0 Å². The van der Waals surface area contributed by atoms with Gasteiger partial charge in [-0.2, -0.15) is 0 Å². The van der Waals surface area contributed by atoms with Gasteiger partial charge < -0.3 is 0 Å². The van der Waals surface area contributed by atoms with Crippen molar-refractivity contribution in [2.75, 3.05) is 0 Å². The van der Waals surface area contributed by atoms with Crippen LogP contribution in [0.5, 0.6) is 0 Å². The molecule has 0 aliphatic carbocycles. The third kappa shape index (κ3) is 1.87. The predicted octanol–water partition coefficient (Wildman–Crippen LogP) is 4.23. The molecule has 0 radical (unpaired) electrons. The van der Waals surface area contributed by atoms with Crippen molar-refractivity contribution in [3.63, 3.8) is 0 Å². The topological polar surface area (TPSA) is 34.4 Å². The van der Waals surface area contributed by atoms with E-state index in [2.05, 4.69) is 4.98 Å². The fourth-order valence-corrected chi connectivity index (χ4v) is 3.72. The van der Waals surface area contributed by atoms with Crippen molar-refractivity contribution >= 4 is 38.9 Å². The van der Waals surface area contributed by atoms with Crippen LogP contribution in [0.2, 0.25) is 4.34 Å². The van der Waals surface area contributed by atoms with Gasteiger partial charge in [0, 0.05) is 0 Å². The summed E-state index contributed by atoms with van der Waals surface area (Å²) in [7, 11) is 0. The monoisotopic (exact) mass is 312 g/mol. The summed E-state index contributed by atoms with van der Waals surface area (Å²) in [5.74, 6) is 0. The molecule has 2 heterocycles. The maximum atomic E-state index is 12.9. The molecule has 0 bridgehead atoms. The van der Waals surface area contributed by atoms with Crippen LogP contribution in [0.15, 0.2) is 59.4 Å². The maximum absolute atomic E-state index is 12.9. The first-order valence-electron chi connectivity index (χ1n) is 6.41. The zero-order chi connectivity index (χ0) is 14.4. The summed E-state index contributed by atoms with van der Waals surface area (Å²) >= 11 is 7.66. The highest BCUT2D eigenvalue weighted by Gasteiger charge is 2.16. The molecule has 2 aromatic carbocycles. The summed E-state index contributed by atoms with van der Waals surface area (Å²) in [6.45, 7) is 0. The van der Waals surface area contributed by atoms with Gasteiger partial charge in [-0.3, -0.25) is 4.79 Å². The number of hydrogen-bond acceptors (Lipinski definition) is 3. The number of para-hydroxylation sites is 2. The van der Waals surface area contributed by atoms with Crippen LogP contribution < -0.4 is 5.56 Å². The minimum Gasteiger partial charge on any atom is -0.268 e. The van der Waals surface area contributed by atoms with Gasteiger partial charge in [-0.05, 0) is 17.7 Å². The van der Waals surface area contributed by atoms with Gasteiger partial charge in [0.1, 0.15) is 4.34 Å². The highest BCUT2D eigenvalue weighted by Crippen LogP contribution is 2.31. The van der Waals surface area contributed by atoms with Crippen LogP contribution >= 0.6 is 22.9 Å². The molecule has 0 aliphatic heterocycles. The Kier molecular flexibility index (Phi) is 2.80. The van der Waals surface area contributed by atoms with Gasteiger partial charge in [0.2, 0.25) is 0 Å². The Labute approximate surface area is 129 Å². The Bertz CT molecular complexity index is 1020. The van der Waals surface area contributed by atoms with E-state index in [1.54, 1.807) is 4.40 Å². The Morgan fingerprint density at radius 3 is 2.52 bits per heavy atom. The number of aromatic nitrogens is 2. The first-order chi connectivity index (χ1) is 10.3. The zero-order valence-electron chi connectivity index (χ0n) is 10.8. The van der Waals surface area contributed by atoms with E-state index in [1.807, 2.05) is 54.6 Å². The van der Waals surface area contributed by atoms with E-state index < -0.39 is 0 Å². The summed E-state index contributed by atoms with van der Waals surface area (Å²) in [5.41, 5.74) is 2.82. The first kappa shape index (κ1) is 12.6. The molecule has 0 N–H and O–H groups in total. The molecule has 0 saturated heterocycles. The third-order valence-corrected chi connectivity index (χ3v) is 4.65. The van der Waals surface area contributed by atoms with E-state index in [9.17, 15) is 4.79 Å². The van der Waals surface area contributed by atoms with Crippen molar-refractivity contribution in [2.45, 2.75) is 0 Å². The standard InChI is InChI=1S/C16H9ClN2OS/c17-14-13(10-6-2-1-3-7-10)15(20)19-12-9-5-4-8-11(12)18-16(19)21-14/h1-9H. The van der Waals surface area contributed by atoms with Crippen molar-refractivity contribution in [3.05, 3.63) is 69.3 Å². The second-order valence-electron chi connectivity index (χ2n) is 4.64. The number of rotatable bonds is 1. The number of nitrogens with zero attached hydrogens (tertiary/aromatic N) is 2. The van der Waals surface area contributed by atoms with Crippen molar-refractivity contribution in [1.29, 1.82) is 0 Å². The van der Waals surface area contributed by atoms with E-state index in [4.69, 9.17) is 11.6 Å². The minimum absolute atomic E-state index is 0.131. The molecule has 0 saturated carbocycles. The lowest BCUT2D eigenvalue weighted by atomic mass is 10.1. The lowest BCUT2D eigenvalue weighted by Crippen LogP contribution is -2.14. The fourth-order valence-electron chi connectivity index (χ4n) is 2.44. The van der Waals surface area contributed by atoms with Crippen molar-refractivity contribution < 1.29 is 0 Å². The summed E-state index contributed by atoms with van der Waals surface area (Å²) in [6.07, 6.45) is 0. The Morgan fingerprint density at radius 1 is 1.00 bits per heavy atom. The van der Waals surface area contributed by atoms with Crippen LogP contribution in [-0.2, 0) is 0 Å². The predicted molar refractivity (Wildman–Crippen MR) is 87.3 cm³/mol. The number of hydrogen-bond donors (Lipinski definition) is 0. The normalized spacial score (nSPS) is 11.3. The summed E-state index contributed by atoms with van der Waals surface area (Å²) in [6, 6.07) is 17.1. The molecule has 5 heteroatoms. The molecule has 0 aliphatic rings. The van der Waals surface area contributed by atoms with Crippen LogP contribution in [0.4, 0.5) is 0 Å².